The van der Waals surface area contributed by atoms with E-state index in [0.29, 0.717) is 11.3 Å². The molecule has 0 spiro atoms. The molecule has 0 heterocycles. The van der Waals surface area contributed by atoms with Crippen molar-refractivity contribution in [3.8, 4) is 0 Å². The number of anilines is 2. The molecule has 2 rings (SSSR count). The predicted molar refractivity (Wildman–Crippen MR) is 74.0 cm³/mol. The molecule has 0 aliphatic carbocycles. The molecule has 0 saturated carbocycles. The van der Waals surface area contributed by atoms with E-state index in [2.05, 4.69) is 4.72 Å². The lowest BCUT2D eigenvalue weighted by Gasteiger charge is -2.09. The number of nitrogen functional groups attached to an aromatic ring is 1. The summed E-state index contributed by atoms with van der Waals surface area (Å²) in [4.78, 5) is -0.213. The lowest BCUT2D eigenvalue weighted by Crippen LogP contribution is -2.13. The first-order valence-electron chi connectivity index (χ1n) is 5.70. The van der Waals surface area contributed by atoms with Crippen LogP contribution in [-0.4, -0.2) is 13.5 Å². The normalized spacial score (nSPS) is 11.3. The average molecular weight is 296 g/mol. The van der Waals surface area contributed by atoms with Crippen molar-refractivity contribution in [2.75, 3.05) is 10.5 Å². The molecule has 2 aromatic carbocycles. The Bertz CT molecular complexity index is 715. The average Bonchev–Trinajstić information content (AvgIpc) is 2.42. The maximum atomic E-state index is 13.3. The van der Waals surface area contributed by atoms with Gasteiger partial charge in [0.15, 0.2) is 0 Å². The van der Waals surface area contributed by atoms with Gasteiger partial charge >= 0.3 is 0 Å². The summed E-state index contributed by atoms with van der Waals surface area (Å²) < 4.78 is 39.7. The molecule has 0 fully saturated rings. The summed E-state index contributed by atoms with van der Waals surface area (Å²) in [5.41, 5.74) is 6.17. The van der Waals surface area contributed by atoms with E-state index in [4.69, 9.17) is 10.8 Å². The summed E-state index contributed by atoms with van der Waals surface area (Å²) in [6, 6.07) is 9.47. The van der Waals surface area contributed by atoms with Crippen molar-refractivity contribution in [3.63, 3.8) is 0 Å². The SMILES string of the molecule is Nc1ccc(S(=O)(=O)Nc2ccc(CO)cc2)cc1F. The third-order valence-electron chi connectivity index (χ3n) is 2.67. The van der Waals surface area contributed by atoms with E-state index in [0.717, 1.165) is 6.07 Å². The van der Waals surface area contributed by atoms with Gasteiger partial charge in [-0.25, -0.2) is 12.8 Å². The second-order valence-electron chi connectivity index (χ2n) is 4.14. The van der Waals surface area contributed by atoms with E-state index in [1.807, 2.05) is 0 Å². The zero-order chi connectivity index (χ0) is 14.8. The van der Waals surface area contributed by atoms with Gasteiger partial charge < -0.3 is 10.8 Å². The van der Waals surface area contributed by atoms with Gasteiger partial charge in [-0.3, -0.25) is 4.72 Å². The summed E-state index contributed by atoms with van der Waals surface area (Å²) in [6.07, 6.45) is 0. The minimum Gasteiger partial charge on any atom is -0.396 e. The van der Waals surface area contributed by atoms with Gasteiger partial charge in [0.05, 0.1) is 17.2 Å². The Morgan fingerprint density at radius 3 is 2.35 bits per heavy atom. The molecule has 0 aromatic heterocycles. The fourth-order valence-electron chi connectivity index (χ4n) is 1.57. The molecule has 7 heteroatoms. The summed E-state index contributed by atoms with van der Waals surface area (Å²) in [6.45, 7) is -0.129. The Labute approximate surface area is 115 Å². The maximum Gasteiger partial charge on any atom is 0.261 e. The van der Waals surface area contributed by atoms with Crippen LogP contribution < -0.4 is 10.5 Å². The monoisotopic (exact) mass is 296 g/mol. The minimum atomic E-state index is -3.88. The van der Waals surface area contributed by atoms with Gasteiger partial charge in [0, 0.05) is 5.69 Å². The first-order chi connectivity index (χ1) is 9.42. The van der Waals surface area contributed by atoms with Crippen molar-refractivity contribution in [2.45, 2.75) is 11.5 Å². The first-order valence-corrected chi connectivity index (χ1v) is 7.18. The molecule has 0 saturated heterocycles. The van der Waals surface area contributed by atoms with Crippen LogP contribution in [0.25, 0.3) is 0 Å². The van der Waals surface area contributed by atoms with E-state index >= 15 is 0 Å². The minimum absolute atomic E-state index is 0.115. The summed E-state index contributed by atoms with van der Waals surface area (Å²) in [5, 5.41) is 8.90. The lowest BCUT2D eigenvalue weighted by atomic mass is 10.2. The number of aliphatic hydroxyl groups is 1. The van der Waals surface area contributed by atoms with E-state index in [1.165, 1.54) is 24.3 Å². The van der Waals surface area contributed by atoms with Gasteiger partial charge in [0.1, 0.15) is 5.82 Å². The van der Waals surface area contributed by atoms with Crippen LogP contribution in [0.15, 0.2) is 47.4 Å². The van der Waals surface area contributed by atoms with Gasteiger partial charge in [0.2, 0.25) is 0 Å². The van der Waals surface area contributed by atoms with Gasteiger partial charge in [-0.1, -0.05) is 12.1 Å². The quantitative estimate of drug-likeness (QED) is 0.749. The van der Waals surface area contributed by atoms with Gasteiger partial charge in [-0.2, -0.15) is 0 Å². The highest BCUT2D eigenvalue weighted by Crippen LogP contribution is 2.20. The molecule has 106 valence electrons. The molecule has 2 aromatic rings. The molecule has 0 unspecified atom stereocenters. The molecule has 20 heavy (non-hydrogen) atoms. The van der Waals surface area contributed by atoms with Crippen molar-refractivity contribution in [1.29, 1.82) is 0 Å². The molecule has 5 nitrogen and oxygen atoms in total. The van der Waals surface area contributed by atoms with Gasteiger partial charge in [-0.15, -0.1) is 0 Å². The highest BCUT2D eigenvalue weighted by atomic mass is 32.2. The van der Waals surface area contributed by atoms with Crippen molar-refractivity contribution in [3.05, 3.63) is 53.8 Å². The van der Waals surface area contributed by atoms with Crippen LogP contribution in [0.1, 0.15) is 5.56 Å². The number of rotatable bonds is 4. The maximum absolute atomic E-state index is 13.3. The standard InChI is InChI=1S/C13H13FN2O3S/c14-12-7-11(5-6-13(12)15)20(18,19)16-10-3-1-9(8-17)2-4-10/h1-7,16-17H,8,15H2. The van der Waals surface area contributed by atoms with Crippen LogP contribution >= 0.6 is 0 Å². The summed E-state index contributed by atoms with van der Waals surface area (Å²) >= 11 is 0. The van der Waals surface area contributed by atoms with Crippen LogP contribution in [0, 0.1) is 5.82 Å². The number of halogens is 1. The molecule has 0 radical (unpaired) electrons. The molecule has 4 N–H and O–H groups in total. The van der Waals surface area contributed by atoms with E-state index < -0.39 is 15.8 Å². The number of sulfonamides is 1. The van der Waals surface area contributed by atoms with E-state index in [9.17, 15) is 12.8 Å². The smallest absolute Gasteiger partial charge is 0.261 e. The Hall–Kier alpha value is -2.12. The third-order valence-corrected chi connectivity index (χ3v) is 4.05. The zero-order valence-corrected chi connectivity index (χ0v) is 11.2. The first kappa shape index (κ1) is 14.3. The topological polar surface area (TPSA) is 92.4 Å². The van der Waals surface area contributed by atoms with Gasteiger partial charge in [0.25, 0.3) is 10.0 Å². The van der Waals surface area contributed by atoms with Crippen LogP contribution in [0.2, 0.25) is 0 Å². The third kappa shape index (κ3) is 3.06. The molecule has 0 bridgehead atoms. The van der Waals surface area contributed by atoms with Crippen LogP contribution in [0.4, 0.5) is 15.8 Å². The van der Waals surface area contributed by atoms with Crippen molar-refractivity contribution >= 4 is 21.4 Å². The molecular weight excluding hydrogens is 283 g/mol. The highest BCUT2D eigenvalue weighted by Gasteiger charge is 2.15. The number of hydrogen-bond acceptors (Lipinski definition) is 4. The fourth-order valence-corrected chi connectivity index (χ4v) is 2.64. The molecular formula is C13H13FN2O3S. The van der Waals surface area contributed by atoms with E-state index in [1.54, 1.807) is 12.1 Å². The second-order valence-corrected chi connectivity index (χ2v) is 5.83. The predicted octanol–water partition coefficient (Wildman–Crippen LogP) is 1.70. The van der Waals surface area contributed by atoms with Crippen molar-refractivity contribution in [1.82, 2.24) is 0 Å². The van der Waals surface area contributed by atoms with E-state index in [-0.39, 0.29) is 17.2 Å². The fraction of sp³-hybridized carbons (Fsp3) is 0.0769. The zero-order valence-electron chi connectivity index (χ0n) is 10.4. The Kier molecular flexibility index (Phi) is 3.91. The lowest BCUT2D eigenvalue weighted by molar-refractivity contribution is 0.282. The van der Waals surface area contributed by atoms with Crippen molar-refractivity contribution in [2.24, 2.45) is 0 Å². The van der Waals surface area contributed by atoms with Gasteiger partial charge in [-0.05, 0) is 35.9 Å². The summed E-state index contributed by atoms with van der Waals surface area (Å²) in [5.74, 6) is -0.788. The largest absolute Gasteiger partial charge is 0.396 e. The van der Waals surface area contributed by atoms with Crippen molar-refractivity contribution < 1.29 is 17.9 Å². The molecule has 0 aliphatic rings. The second kappa shape index (κ2) is 5.48. The Morgan fingerprint density at radius 1 is 1.15 bits per heavy atom. The van der Waals surface area contributed by atoms with Crippen LogP contribution in [-0.2, 0) is 16.6 Å². The molecule has 0 atom stereocenters. The van der Waals surface area contributed by atoms with Crippen LogP contribution in [0.3, 0.4) is 0 Å². The molecule has 0 amide bonds. The Balaban J connectivity index is 2.27. The number of benzene rings is 2. The summed E-state index contributed by atoms with van der Waals surface area (Å²) in [7, 11) is -3.88. The Morgan fingerprint density at radius 2 is 1.80 bits per heavy atom. The van der Waals surface area contributed by atoms with Crippen LogP contribution in [0.5, 0.6) is 0 Å². The number of nitrogens with two attached hydrogens (primary N) is 1. The number of aliphatic hydroxyl groups excluding tert-OH is 1. The highest BCUT2D eigenvalue weighted by molar-refractivity contribution is 7.92. The number of hydrogen-bond donors (Lipinski definition) is 3. The molecule has 0 aliphatic heterocycles. The number of nitrogens with one attached hydrogen (secondary N) is 1.